The lowest BCUT2D eigenvalue weighted by Crippen LogP contribution is -2.32. The van der Waals surface area contributed by atoms with Crippen LogP contribution in [0.15, 0.2) is 53.4 Å². The Balaban J connectivity index is 2.21. The number of carbonyl (C=O) groups excluding carboxylic acids is 1. The fourth-order valence-electron chi connectivity index (χ4n) is 1.91. The molecule has 1 N–H and O–H groups in total. The average Bonchev–Trinajstić information content (AvgIpc) is 2.54. The summed E-state index contributed by atoms with van der Waals surface area (Å²) < 4.78 is 24.9. The summed E-state index contributed by atoms with van der Waals surface area (Å²) in [4.78, 5) is 22.0. The largest absolute Gasteiger partial charge is 0.325 e. The van der Waals surface area contributed by atoms with E-state index in [1.54, 1.807) is 18.2 Å². The molecule has 0 bridgehead atoms. The highest BCUT2D eigenvalue weighted by molar-refractivity contribution is 7.92. The van der Waals surface area contributed by atoms with Crippen molar-refractivity contribution in [3.05, 3.63) is 63.7 Å². The summed E-state index contributed by atoms with van der Waals surface area (Å²) in [6, 6.07) is 10.7. The van der Waals surface area contributed by atoms with Crippen LogP contribution in [0.1, 0.15) is 6.92 Å². The summed E-state index contributed by atoms with van der Waals surface area (Å²) in [5.41, 5.74) is 0.142. The van der Waals surface area contributed by atoms with Crippen LogP contribution < -0.4 is 5.32 Å². The highest BCUT2D eigenvalue weighted by Gasteiger charge is 2.30. The van der Waals surface area contributed by atoms with Gasteiger partial charge in [-0.1, -0.05) is 17.7 Å². The Morgan fingerprint density at radius 2 is 1.83 bits per heavy atom. The van der Waals surface area contributed by atoms with E-state index in [1.165, 1.54) is 13.0 Å². The minimum Gasteiger partial charge on any atom is -0.325 e. The zero-order chi connectivity index (χ0) is 17.9. The second-order valence-corrected chi connectivity index (χ2v) is 7.64. The highest BCUT2D eigenvalue weighted by Crippen LogP contribution is 2.21. The number of nitro groups is 1. The molecule has 0 aliphatic heterocycles. The van der Waals surface area contributed by atoms with Crippen LogP contribution in [-0.4, -0.2) is 24.5 Å². The third-order valence-electron chi connectivity index (χ3n) is 3.30. The predicted molar refractivity (Wildman–Crippen MR) is 89.8 cm³/mol. The van der Waals surface area contributed by atoms with Gasteiger partial charge in [-0.05, 0) is 37.3 Å². The molecule has 126 valence electrons. The fourth-order valence-corrected chi connectivity index (χ4v) is 3.37. The van der Waals surface area contributed by atoms with E-state index >= 15 is 0 Å². The molecule has 0 aliphatic carbocycles. The molecule has 0 saturated carbocycles. The topological polar surface area (TPSA) is 106 Å². The van der Waals surface area contributed by atoms with E-state index in [1.807, 2.05) is 0 Å². The van der Waals surface area contributed by atoms with Gasteiger partial charge in [-0.3, -0.25) is 14.9 Å². The molecule has 1 amide bonds. The molecule has 0 aliphatic rings. The first-order chi connectivity index (χ1) is 11.2. The Hall–Kier alpha value is -2.45. The number of nitro benzene ring substituents is 1. The number of sulfone groups is 1. The number of benzene rings is 2. The smallest absolute Gasteiger partial charge is 0.269 e. The van der Waals surface area contributed by atoms with Gasteiger partial charge in [0.2, 0.25) is 5.91 Å². The molecular formula is C15H13ClN2O5S. The third kappa shape index (κ3) is 3.90. The zero-order valence-electron chi connectivity index (χ0n) is 12.5. The Bertz CT molecular complexity index is 881. The molecule has 2 rings (SSSR count). The van der Waals surface area contributed by atoms with Crippen molar-refractivity contribution in [2.45, 2.75) is 17.1 Å². The maximum Gasteiger partial charge on any atom is 0.269 e. The van der Waals surface area contributed by atoms with E-state index in [4.69, 9.17) is 11.6 Å². The van der Waals surface area contributed by atoms with Crippen LogP contribution >= 0.6 is 11.6 Å². The molecule has 7 nitrogen and oxygen atoms in total. The van der Waals surface area contributed by atoms with E-state index in [2.05, 4.69) is 5.32 Å². The van der Waals surface area contributed by atoms with E-state index < -0.39 is 25.9 Å². The first-order valence-electron chi connectivity index (χ1n) is 6.76. The standard InChI is InChI=1S/C15H13ClN2O5S/c1-10(15(19)17-12-4-2-3-11(16)9-12)24(22,23)14-7-5-13(6-8-14)18(20)21/h2-10H,1H3,(H,17,19)/t10-/m0/s1. The van der Waals surface area contributed by atoms with Crippen LogP contribution in [0.25, 0.3) is 0 Å². The number of halogens is 1. The van der Waals surface area contributed by atoms with Crippen LogP contribution in [0.5, 0.6) is 0 Å². The highest BCUT2D eigenvalue weighted by atomic mass is 35.5. The van der Waals surface area contributed by atoms with Gasteiger partial charge in [-0.25, -0.2) is 8.42 Å². The number of anilines is 1. The summed E-state index contributed by atoms with van der Waals surface area (Å²) >= 11 is 5.81. The Labute approximate surface area is 143 Å². The molecule has 0 saturated heterocycles. The van der Waals surface area contributed by atoms with Crippen molar-refractivity contribution in [3.63, 3.8) is 0 Å². The molecule has 0 radical (unpaired) electrons. The number of amides is 1. The third-order valence-corrected chi connectivity index (χ3v) is 5.61. The summed E-state index contributed by atoms with van der Waals surface area (Å²) in [6.45, 7) is 1.25. The monoisotopic (exact) mass is 368 g/mol. The van der Waals surface area contributed by atoms with E-state index in [0.29, 0.717) is 10.7 Å². The van der Waals surface area contributed by atoms with Crippen LogP contribution in [0.3, 0.4) is 0 Å². The van der Waals surface area contributed by atoms with Gasteiger partial charge >= 0.3 is 0 Å². The number of nitrogens with zero attached hydrogens (tertiary/aromatic N) is 1. The number of hydrogen-bond acceptors (Lipinski definition) is 5. The van der Waals surface area contributed by atoms with Gasteiger partial charge in [0, 0.05) is 22.8 Å². The number of non-ortho nitro benzene ring substituents is 1. The Morgan fingerprint density at radius 1 is 1.21 bits per heavy atom. The normalized spacial score (nSPS) is 12.4. The second-order valence-electron chi connectivity index (χ2n) is 4.94. The van der Waals surface area contributed by atoms with Gasteiger partial charge < -0.3 is 5.32 Å². The number of carbonyl (C=O) groups is 1. The number of rotatable bonds is 5. The van der Waals surface area contributed by atoms with Crippen LogP contribution in [-0.2, 0) is 14.6 Å². The van der Waals surface area contributed by atoms with Crippen molar-refractivity contribution in [2.24, 2.45) is 0 Å². The summed E-state index contributed by atoms with van der Waals surface area (Å²) in [5.74, 6) is -0.726. The molecule has 1 atom stereocenters. The van der Waals surface area contributed by atoms with Gasteiger partial charge in [0.05, 0.1) is 9.82 Å². The number of hydrogen-bond donors (Lipinski definition) is 1. The zero-order valence-corrected chi connectivity index (χ0v) is 14.0. The first-order valence-corrected chi connectivity index (χ1v) is 8.69. The van der Waals surface area contributed by atoms with Crippen molar-refractivity contribution in [1.29, 1.82) is 0 Å². The van der Waals surface area contributed by atoms with E-state index in [0.717, 1.165) is 24.3 Å². The van der Waals surface area contributed by atoms with Gasteiger partial charge in [0.15, 0.2) is 9.84 Å². The summed E-state index contributed by atoms with van der Waals surface area (Å²) in [7, 11) is -3.98. The molecule has 2 aromatic rings. The minimum absolute atomic E-state index is 0.165. The summed E-state index contributed by atoms with van der Waals surface area (Å²) in [5, 5.41) is 12.1. The molecule has 0 spiro atoms. The van der Waals surface area contributed by atoms with Crippen molar-refractivity contribution in [2.75, 3.05) is 5.32 Å². The second kappa shape index (κ2) is 6.98. The van der Waals surface area contributed by atoms with Crippen LogP contribution in [0.4, 0.5) is 11.4 Å². The molecule has 0 aromatic heterocycles. The Kier molecular flexibility index (Phi) is 5.20. The molecule has 0 fully saturated rings. The Morgan fingerprint density at radius 3 is 2.38 bits per heavy atom. The van der Waals surface area contributed by atoms with Crippen LogP contribution in [0.2, 0.25) is 5.02 Å². The first kappa shape index (κ1) is 17.9. The van der Waals surface area contributed by atoms with E-state index in [-0.39, 0.29) is 10.6 Å². The molecule has 2 aromatic carbocycles. The lowest BCUT2D eigenvalue weighted by atomic mass is 10.3. The van der Waals surface area contributed by atoms with Crippen LogP contribution in [0, 0.1) is 10.1 Å². The van der Waals surface area contributed by atoms with Crippen molar-refractivity contribution < 1.29 is 18.1 Å². The van der Waals surface area contributed by atoms with Gasteiger partial charge in [-0.2, -0.15) is 0 Å². The number of nitrogens with one attached hydrogen (secondary N) is 1. The van der Waals surface area contributed by atoms with Crippen molar-refractivity contribution in [3.8, 4) is 0 Å². The SMILES string of the molecule is C[C@@H](C(=O)Nc1cccc(Cl)c1)S(=O)(=O)c1ccc([N+](=O)[O-])cc1. The average molecular weight is 369 g/mol. The molecule has 9 heteroatoms. The predicted octanol–water partition coefficient (Wildman–Crippen LogP) is 3.05. The lowest BCUT2D eigenvalue weighted by molar-refractivity contribution is -0.384. The maximum atomic E-state index is 12.5. The summed E-state index contributed by atoms with van der Waals surface area (Å²) in [6.07, 6.45) is 0. The van der Waals surface area contributed by atoms with E-state index in [9.17, 15) is 23.3 Å². The molecule has 0 heterocycles. The molecule has 0 unspecified atom stereocenters. The molecular weight excluding hydrogens is 356 g/mol. The van der Waals surface area contributed by atoms with Crippen molar-refractivity contribution in [1.82, 2.24) is 0 Å². The lowest BCUT2D eigenvalue weighted by Gasteiger charge is -2.13. The van der Waals surface area contributed by atoms with Gasteiger partial charge in [-0.15, -0.1) is 0 Å². The minimum atomic E-state index is -3.98. The maximum absolute atomic E-state index is 12.5. The van der Waals surface area contributed by atoms with Crippen molar-refractivity contribution >= 4 is 38.7 Å². The fraction of sp³-hybridized carbons (Fsp3) is 0.133. The van der Waals surface area contributed by atoms with Gasteiger partial charge in [0.25, 0.3) is 5.69 Å². The quantitative estimate of drug-likeness (QED) is 0.644. The van der Waals surface area contributed by atoms with Gasteiger partial charge in [0.1, 0.15) is 5.25 Å². The molecule has 24 heavy (non-hydrogen) atoms.